The molecule has 0 atom stereocenters. The maximum Gasteiger partial charge on any atom is 0.231 e. The number of benzene rings is 2. The first-order chi connectivity index (χ1) is 12.3. The van der Waals surface area contributed by atoms with Gasteiger partial charge in [-0.05, 0) is 42.0 Å². The fourth-order valence-electron chi connectivity index (χ4n) is 2.86. The number of nitrogens with zero attached hydrogens (tertiary/aromatic N) is 3. The maximum atomic E-state index is 5.40. The highest BCUT2D eigenvalue weighted by molar-refractivity contribution is 9.10. The summed E-state index contributed by atoms with van der Waals surface area (Å²) < 4.78 is 11.9. The second-order valence-electron chi connectivity index (χ2n) is 5.96. The van der Waals surface area contributed by atoms with Crippen LogP contribution in [-0.4, -0.2) is 36.4 Å². The van der Waals surface area contributed by atoms with Crippen molar-refractivity contribution in [1.82, 2.24) is 10.1 Å². The van der Waals surface area contributed by atoms with Crippen molar-refractivity contribution < 1.29 is 9.26 Å². The summed E-state index contributed by atoms with van der Waals surface area (Å²) in [7, 11) is 0. The molecule has 0 amide bonds. The molecule has 0 unspecified atom stereocenters. The number of rotatable bonds is 4. The van der Waals surface area contributed by atoms with Crippen molar-refractivity contribution in [3.05, 3.63) is 64.5 Å². The van der Waals surface area contributed by atoms with Crippen LogP contribution in [0, 0.1) is 0 Å². The van der Waals surface area contributed by atoms with Crippen molar-refractivity contribution in [3.63, 3.8) is 0 Å². The summed E-state index contributed by atoms with van der Waals surface area (Å²) in [6, 6.07) is 16.4. The fraction of sp³-hybridized carbons (Fsp3) is 0.263. The molecule has 3 aromatic rings. The van der Waals surface area contributed by atoms with E-state index in [2.05, 4.69) is 43.1 Å². The Hall–Kier alpha value is -2.18. The van der Waals surface area contributed by atoms with Crippen LogP contribution in [0.4, 0.5) is 5.69 Å². The molecule has 128 valence electrons. The Morgan fingerprint density at radius 1 is 0.960 bits per heavy atom. The zero-order valence-electron chi connectivity index (χ0n) is 13.7. The van der Waals surface area contributed by atoms with E-state index < -0.39 is 0 Å². The van der Waals surface area contributed by atoms with Crippen molar-refractivity contribution >= 4 is 21.6 Å². The van der Waals surface area contributed by atoms with Gasteiger partial charge in [0.15, 0.2) is 0 Å². The number of aromatic nitrogens is 2. The highest BCUT2D eigenvalue weighted by Crippen LogP contribution is 2.22. The summed E-state index contributed by atoms with van der Waals surface area (Å²) in [5, 5.41) is 4.11. The molecule has 1 fully saturated rings. The van der Waals surface area contributed by atoms with Gasteiger partial charge in [-0.3, -0.25) is 0 Å². The number of halogens is 1. The molecule has 0 saturated carbocycles. The maximum absolute atomic E-state index is 5.40. The number of morpholine rings is 1. The molecule has 0 N–H and O–H groups in total. The molecule has 4 rings (SSSR count). The molecule has 1 aliphatic rings. The van der Waals surface area contributed by atoms with Gasteiger partial charge in [0.2, 0.25) is 11.7 Å². The number of anilines is 1. The van der Waals surface area contributed by atoms with Crippen LogP contribution in [0.25, 0.3) is 11.4 Å². The molecular formula is C19H18BrN3O2. The minimum Gasteiger partial charge on any atom is -0.378 e. The van der Waals surface area contributed by atoms with Crippen LogP contribution in [0.2, 0.25) is 0 Å². The lowest BCUT2D eigenvalue weighted by Gasteiger charge is -2.28. The Balaban J connectivity index is 1.46. The van der Waals surface area contributed by atoms with Crippen molar-refractivity contribution in [2.45, 2.75) is 6.42 Å². The smallest absolute Gasteiger partial charge is 0.231 e. The molecule has 1 saturated heterocycles. The van der Waals surface area contributed by atoms with E-state index in [-0.39, 0.29) is 0 Å². The number of hydrogen-bond acceptors (Lipinski definition) is 5. The summed E-state index contributed by atoms with van der Waals surface area (Å²) in [4.78, 5) is 6.84. The largest absolute Gasteiger partial charge is 0.378 e. The molecule has 2 heterocycles. The van der Waals surface area contributed by atoms with Crippen molar-refractivity contribution in [1.29, 1.82) is 0 Å². The molecule has 5 nitrogen and oxygen atoms in total. The lowest BCUT2D eigenvalue weighted by atomic mass is 10.1. The van der Waals surface area contributed by atoms with Crippen LogP contribution in [-0.2, 0) is 11.2 Å². The van der Waals surface area contributed by atoms with Gasteiger partial charge >= 0.3 is 0 Å². The van der Waals surface area contributed by atoms with Gasteiger partial charge in [0.1, 0.15) is 0 Å². The number of hydrogen-bond donors (Lipinski definition) is 0. The van der Waals surface area contributed by atoms with Gasteiger partial charge in [-0.2, -0.15) is 4.98 Å². The summed E-state index contributed by atoms with van der Waals surface area (Å²) in [5.41, 5.74) is 3.30. The Bertz CT molecular complexity index is 825. The minimum atomic E-state index is 0.620. The zero-order valence-corrected chi connectivity index (χ0v) is 15.3. The quantitative estimate of drug-likeness (QED) is 0.665. The molecule has 0 radical (unpaired) electrons. The average Bonchev–Trinajstić information content (AvgIpc) is 3.13. The fourth-order valence-corrected chi connectivity index (χ4v) is 3.13. The molecule has 1 aliphatic heterocycles. The van der Waals surface area contributed by atoms with Crippen LogP contribution in [0.15, 0.2) is 57.5 Å². The molecular weight excluding hydrogens is 382 g/mol. The molecule has 0 aliphatic carbocycles. The van der Waals surface area contributed by atoms with Crippen molar-refractivity contribution in [2.24, 2.45) is 0 Å². The van der Waals surface area contributed by atoms with Gasteiger partial charge in [-0.15, -0.1) is 0 Å². The summed E-state index contributed by atoms with van der Waals surface area (Å²) in [5.74, 6) is 1.25. The van der Waals surface area contributed by atoms with Gasteiger partial charge in [0, 0.05) is 28.8 Å². The lowest BCUT2D eigenvalue weighted by molar-refractivity contribution is 0.122. The molecule has 25 heavy (non-hydrogen) atoms. The van der Waals surface area contributed by atoms with Crippen LogP contribution < -0.4 is 4.90 Å². The Morgan fingerprint density at radius 3 is 2.40 bits per heavy atom. The minimum absolute atomic E-state index is 0.620. The standard InChI is InChI=1S/C19H18BrN3O2/c20-16-5-1-14(2-6-16)13-18-21-19(22-25-18)15-3-7-17(8-4-15)23-9-11-24-12-10-23/h1-8H,9-13H2. The van der Waals surface area contributed by atoms with Gasteiger partial charge in [0.25, 0.3) is 0 Å². The van der Waals surface area contributed by atoms with E-state index in [0.717, 1.165) is 41.9 Å². The van der Waals surface area contributed by atoms with Crippen LogP contribution in [0.5, 0.6) is 0 Å². The molecule has 0 spiro atoms. The molecule has 6 heteroatoms. The van der Waals surface area contributed by atoms with Gasteiger partial charge in [-0.1, -0.05) is 33.2 Å². The topological polar surface area (TPSA) is 51.4 Å². The zero-order chi connectivity index (χ0) is 17.1. The molecule has 1 aromatic heterocycles. The second-order valence-corrected chi connectivity index (χ2v) is 6.88. The predicted molar refractivity (Wildman–Crippen MR) is 99.7 cm³/mol. The van der Waals surface area contributed by atoms with E-state index in [1.165, 1.54) is 5.69 Å². The van der Waals surface area contributed by atoms with E-state index in [0.29, 0.717) is 18.1 Å². The van der Waals surface area contributed by atoms with Crippen molar-refractivity contribution in [2.75, 3.05) is 31.2 Å². The monoisotopic (exact) mass is 399 g/mol. The van der Waals surface area contributed by atoms with Gasteiger partial charge in [0.05, 0.1) is 19.6 Å². The summed E-state index contributed by atoms with van der Waals surface area (Å²) >= 11 is 3.44. The second kappa shape index (κ2) is 7.37. The Morgan fingerprint density at radius 2 is 1.68 bits per heavy atom. The first-order valence-electron chi connectivity index (χ1n) is 8.28. The van der Waals surface area contributed by atoms with Crippen molar-refractivity contribution in [3.8, 4) is 11.4 Å². The number of ether oxygens (including phenoxy) is 1. The SMILES string of the molecule is Brc1ccc(Cc2nc(-c3ccc(N4CCOCC4)cc3)no2)cc1. The lowest BCUT2D eigenvalue weighted by Crippen LogP contribution is -2.36. The van der Waals surface area contributed by atoms with E-state index in [1.807, 2.05) is 36.4 Å². The van der Waals surface area contributed by atoms with E-state index in [1.54, 1.807) is 0 Å². The normalized spacial score (nSPS) is 14.7. The van der Waals surface area contributed by atoms with Crippen LogP contribution in [0.1, 0.15) is 11.5 Å². The van der Waals surface area contributed by atoms with Gasteiger partial charge < -0.3 is 14.2 Å². The average molecular weight is 400 g/mol. The summed E-state index contributed by atoms with van der Waals surface area (Å²) in [6.07, 6.45) is 0.631. The third-order valence-corrected chi connectivity index (χ3v) is 4.77. The highest BCUT2D eigenvalue weighted by Gasteiger charge is 2.13. The predicted octanol–water partition coefficient (Wildman–Crippen LogP) is 3.93. The van der Waals surface area contributed by atoms with Crippen LogP contribution in [0.3, 0.4) is 0 Å². The Kier molecular flexibility index (Phi) is 4.81. The van der Waals surface area contributed by atoms with E-state index in [4.69, 9.17) is 9.26 Å². The first kappa shape index (κ1) is 16.3. The third kappa shape index (κ3) is 3.91. The Labute approximate surface area is 154 Å². The summed E-state index contributed by atoms with van der Waals surface area (Å²) in [6.45, 7) is 3.43. The van der Waals surface area contributed by atoms with E-state index >= 15 is 0 Å². The molecule has 2 aromatic carbocycles. The third-order valence-electron chi connectivity index (χ3n) is 4.24. The van der Waals surface area contributed by atoms with E-state index in [9.17, 15) is 0 Å². The molecule has 0 bridgehead atoms. The first-order valence-corrected chi connectivity index (χ1v) is 9.07. The van der Waals surface area contributed by atoms with Crippen LogP contribution >= 0.6 is 15.9 Å². The van der Waals surface area contributed by atoms with Gasteiger partial charge in [-0.25, -0.2) is 0 Å². The highest BCUT2D eigenvalue weighted by atomic mass is 79.9.